The van der Waals surface area contributed by atoms with Gasteiger partial charge in [0.2, 0.25) is 0 Å². The third kappa shape index (κ3) is 6.07. The first-order valence-corrected chi connectivity index (χ1v) is 9.12. The van der Waals surface area contributed by atoms with E-state index in [9.17, 15) is 9.59 Å². The minimum atomic E-state index is -0.359. The maximum absolute atomic E-state index is 12.5. The van der Waals surface area contributed by atoms with E-state index in [4.69, 9.17) is 17.0 Å². The number of hydrogen-bond acceptors (Lipinski definition) is 4. The molecule has 27 heavy (non-hydrogen) atoms. The SMILES string of the molecule is CCCCOc1ccccc1C(=O)NC(=S)Nc1cccc(C(=O)NC)c1. The Balaban J connectivity index is 2.02. The van der Waals surface area contributed by atoms with Crippen molar-refractivity contribution in [2.45, 2.75) is 19.8 Å². The molecule has 142 valence electrons. The van der Waals surface area contributed by atoms with Crippen molar-refractivity contribution in [1.29, 1.82) is 0 Å². The second-order valence-electron chi connectivity index (χ2n) is 5.77. The summed E-state index contributed by atoms with van der Waals surface area (Å²) in [7, 11) is 1.56. The van der Waals surface area contributed by atoms with Gasteiger partial charge in [0.25, 0.3) is 11.8 Å². The van der Waals surface area contributed by atoms with Crippen LogP contribution >= 0.6 is 12.2 Å². The van der Waals surface area contributed by atoms with E-state index in [1.807, 2.05) is 6.07 Å². The molecule has 2 amide bonds. The molecular weight excluding hydrogens is 362 g/mol. The third-order valence-electron chi connectivity index (χ3n) is 3.72. The van der Waals surface area contributed by atoms with Gasteiger partial charge in [-0.05, 0) is 49.0 Å². The summed E-state index contributed by atoms with van der Waals surface area (Å²) in [5.74, 6) is -0.0401. The van der Waals surface area contributed by atoms with Crippen molar-refractivity contribution in [3.63, 3.8) is 0 Å². The summed E-state index contributed by atoms with van der Waals surface area (Å²) in [6, 6.07) is 13.9. The van der Waals surface area contributed by atoms with E-state index >= 15 is 0 Å². The average molecular weight is 385 g/mol. The van der Waals surface area contributed by atoms with Gasteiger partial charge in [-0.3, -0.25) is 14.9 Å². The Hall–Kier alpha value is -2.93. The molecule has 0 aliphatic rings. The second-order valence-corrected chi connectivity index (χ2v) is 6.17. The number of amides is 2. The first-order valence-electron chi connectivity index (χ1n) is 8.71. The van der Waals surface area contributed by atoms with E-state index in [1.54, 1.807) is 49.5 Å². The number of carbonyl (C=O) groups is 2. The number of nitrogens with one attached hydrogen (secondary N) is 3. The Labute approximate surface area is 164 Å². The van der Waals surface area contributed by atoms with Gasteiger partial charge in [-0.2, -0.15) is 0 Å². The number of rotatable bonds is 7. The van der Waals surface area contributed by atoms with Crippen molar-refractivity contribution in [1.82, 2.24) is 10.6 Å². The summed E-state index contributed by atoms with van der Waals surface area (Å²) >= 11 is 5.21. The van der Waals surface area contributed by atoms with Gasteiger partial charge in [-0.25, -0.2) is 0 Å². The van der Waals surface area contributed by atoms with Gasteiger partial charge in [0.15, 0.2) is 5.11 Å². The quantitative estimate of drug-likeness (QED) is 0.503. The highest BCUT2D eigenvalue weighted by atomic mass is 32.1. The highest BCUT2D eigenvalue weighted by molar-refractivity contribution is 7.80. The van der Waals surface area contributed by atoms with Crippen LogP contribution in [0.1, 0.15) is 40.5 Å². The molecule has 0 bridgehead atoms. The molecule has 0 saturated heterocycles. The van der Waals surface area contributed by atoms with Crippen LogP contribution < -0.4 is 20.7 Å². The van der Waals surface area contributed by atoms with E-state index in [1.165, 1.54) is 0 Å². The highest BCUT2D eigenvalue weighted by Crippen LogP contribution is 2.18. The largest absolute Gasteiger partial charge is 0.493 e. The Morgan fingerprint density at radius 2 is 1.85 bits per heavy atom. The monoisotopic (exact) mass is 385 g/mol. The molecule has 0 heterocycles. The van der Waals surface area contributed by atoms with E-state index < -0.39 is 0 Å². The number of ether oxygens (including phenoxy) is 1. The Morgan fingerprint density at radius 1 is 1.07 bits per heavy atom. The van der Waals surface area contributed by atoms with E-state index in [0.29, 0.717) is 29.2 Å². The lowest BCUT2D eigenvalue weighted by molar-refractivity contribution is 0.0958. The van der Waals surface area contributed by atoms with Crippen molar-refractivity contribution in [3.05, 3.63) is 59.7 Å². The Morgan fingerprint density at radius 3 is 2.59 bits per heavy atom. The summed E-state index contributed by atoms with van der Waals surface area (Å²) < 4.78 is 5.68. The molecule has 2 rings (SSSR count). The van der Waals surface area contributed by atoms with Crippen LogP contribution in [0.4, 0.5) is 5.69 Å². The lowest BCUT2D eigenvalue weighted by atomic mass is 10.2. The molecule has 6 nitrogen and oxygen atoms in total. The van der Waals surface area contributed by atoms with Crippen molar-refractivity contribution >= 4 is 34.8 Å². The third-order valence-corrected chi connectivity index (χ3v) is 3.93. The molecule has 0 unspecified atom stereocenters. The zero-order chi connectivity index (χ0) is 19.6. The van der Waals surface area contributed by atoms with Crippen LogP contribution in [0.25, 0.3) is 0 Å². The van der Waals surface area contributed by atoms with Crippen molar-refractivity contribution in [2.24, 2.45) is 0 Å². The van der Waals surface area contributed by atoms with Gasteiger partial charge in [-0.15, -0.1) is 0 Å². The fourth-order valence-corrected chi connectivity index (χ4v) is 2.53. The first-order chi connectivity index (χ1) is 13.0. The molecule has 0 spiro atoms. The Kier molecular flexibility index (Phi) is 7.76. The number of benzene rings is 2. The van der Waals surface area contributed by atoms with Crippen LogP contribution in [0.5, 0.6) is 5.75 Å². The first kappa shape index (κ1) is 20.4. The predicted molar refractivity (Wildman–Crippen MR) is 110 cm³/mol. The van der Waals surface area contributed by atoms with E-state index in [2.05, 4.69) is 22.9 Å². The van der Waals surface area contributed by atoms with Gasteiger partial charge in [0.05, 0.1) is 12.2 Å². The number of unbranched alkanes of at least 4 members (excludes halogenated alkanes) is 1. The molecule has 0 radical (unpaired) electrons. The maximum atomic E-state index is 12.5. The predicted octanol–water partition coefficient (Wildman–Crippen LogP) is 3.35. The second kappa shape index (κ2) is 10.3. The molecular formula is C20H23N3O3S. The van der Waals surface area contributed by atoms with Crippen LogP contribution in [-0.4, -0.2) is 30.6 Å². The molecule has 2 aromatic carbocycles. The van der Waals surface area contributed by atoms with Gasteiger partial charge in [-0.1, -0.05) is 31.5 Å². The topological polar surface area (TPSA) is 79.5 Å². The number of carbonyl (C=O) groups excluding carboxylic acids is 2. The van der Waals surface area contributed by atoms with Crippen LogP contribution in [0, 0.1) is 0 Å². The lowest BCUT2D eigenvalue weighted by Crippen LogP contribution is -2.34. The minimum absolute atomic E-state index is 0.136. The molecule has 0 aliphatic heterocycles. The number of anilines is 1. The number of para-hydroxylation sites is 1. The molecule has 3 N–H and O–H groups in total. The summed E-state index contributed by atoms with van der Waals surface area (Å²) in [6.45, 7) is 2.63. The molecule has 2 aromatic rings. The van der Waals surface area contributed by atoms with Gasteiger partial charge in [0.1, 0.15) is 5.75 Å². The fraction of sp³-hybridized carbons (Fsp3) is 0.250. The smallest absolute Gasteiger partial charge is 0.261 e. The lowest BCUT2D eigenvalue weighted by Gasteiger charge is -2.13. The van der Waals surface area contributed by atoms with Gasteiger partial charge in [0, 0.05) is 18.3 Å². The molecule has 0 saturated carbocycles. The summed E-state index contributed by atoms with van der Waals surface area (Å²) in [6.07, 6.45) is 1.93. The summed E-state index contributed by atoms with van der Waals surface area (Å²) in [4.78, 5) is 24.2. The summed E-state index contributed by atoms with van der Waals surface area (Å²) in [5, 5.41) is 8.25. The van der Waals surface area contributed by atoms with Crippen LogP contribution in [-0.2, 0) is 0 Å². The Bertz CT molecular complexity index is 824. The van der Waals surface area contributed by atoms with Crippen molar-refractivity contribution < 1.29 is 14.3 Å². The highest BCUT2D eigenvalue weighted by Gasteiger charge is 2.14. The summed E-state index contributed by atoms with van der Waals surface area (Å²) in [5.41, 5.74) is 1.51. The van der Waals surface area contributed by atoms with Crippen LogP contribution in [0.3, 0.4) is 0 Å². The zero-order valence-electron chi connectivity index (χ0n) is 15.4. The van der Waals surface area contributed by atoms with Gasteiger partial charge >= 0.3 is 0 Å². The molecule has 0 fully saturated rings. The normalized spacial score (nSPS) is 10.0. The molecule has 7 heteroatoms. The fourth-order valence-electron chi connectivity index (χ4n) is 2.32. The van der Waals surface area contributed by atoms with E-state index in [-0.39, 0.29) is 16.9 Å². The molecule has 0 aliphatic carbocycles. The van der Waals surface area contributed by atoms with Crippen LogP contribution in [0.15, 0.2) is 48.5 Å². The zero-order valence-corrected chi connectivity index (χ0v) is 16.2. The maximum Gasteiger partial charge on any atom is 0.261 e. The number of hydrogen-bond donors (Lipinski definition) is 3. The minimum Gasteiger partial charge on any atom is -0.493 e. The van der Waals surface area contributed by atoms with Crippen molar-refractivity contribution in [3.8, 4) is 5.75 Å². The standard InChI is InChI=1S/C20H23N3O3S/c1-3-4-12-26-17-11-6-5-10-16(17)19(25)23-20(27)22-15-9-7-8-14(13-15)18(24)21-2/h5-11,13H,3-4,12H2,1-2H3,(H,21,24)(H2,22,23,25,27). The van der Waals surface area contributed by atoms with Crippen molar-refractivity contribution in [2.75, 3.05) is 19.0 Å². The van der Waals surface area contributed by atoms with Gasteiger partial charge < -0.3 is 15.4 Å². The van der Waals surface area contributed by atoms with E-state index in [0.717, 1.165) is 12.8 Å². The van der Waals surface area contributed by atoms with Crippen LogP contribution in [0.2, 0.25) is 0 Å². The number of thiocarbonyl (C=S) groups is 1. The molecule has 0 aromatic heterocycles. The molecule has 0 atom stereocenters. The average Bonchev–Trinajstić information content (AvgIpc) is 2.68.